The van der Waals surface area contributed by atoms with Gasteiger partial charge in [-0.05, 0) is 19.8 Å². The fourth-order valence-electron chi connectivity index (χ4n) is 0.940. The molecule has 0 amide bonds. The number of hydrogen-bond acceptors (Lipinski definition) is 3. The summed E-state index contributed by atoms with van der Waals surface area (Å²) in [5.74, 6) is -0.190. The normalized spacial score (nSPS) is 19.4. The van der Waals surface area contributed by atoms with E-state index < -0.39 is 12.2 Å². The van der Waals surface area contributed by atoms with Crippen molar-refractivity contribution in [3.63, 3.8) is 0 Å². The molecular formula is C8H18O3. The Bertz CT molecular complexity index is 93.3. The van der Waals surface area contributed by atoms with E-state index in [1.54, 1.807) is 6.92 Å². The molecule has 0 aromatic heterocycles. The molecule has 3 atom stereocenters. The highest BCUT2D eigenvalue weighted by Gasteiger charge is 2.16. The first-order valence-electron chi connectivity index (χ1n) is 4.08. The van der Waals surface area contributed by atoms with Crippen molar-refractivity contribution in [3.8, 4) is 0 Å². The van der Waals surface area contributed by atoms with Gasteiger partial charge in [-0.15, -0.1) is 0 Å². The maximum Gasteiger partial charge on any atom is 0.0563 e. The quantitative estimate of drug-likeness (QED) is 0.539. The molecule has 0 aliphatic carbocycles. The van der Waals surface area contributed by atoms with Crippen molar-refractivity contribution in [2.24, 2.45) is 5.92 Å². The minimum Gasteiger partial charge on any atom is -0.396 e. The number of aliphatic hydroxyl groups excluding tert-OH is 3. The Morgan fingerprint density at radius 1 is 1.27 bits per heavy atom. The van der Waals surface area contributed by atoms with Gasteiger partial charge in [0, 0.05) is 12.5 Å². The summed E-state index contributed by atoms with van der Waals surface area (Å²) in [6.45, 7) is 3.44. The van der Waals surface area contributed by atoms with Gasteiger partial charge in [-0.25, -0.2) is 0 Å². The molecule has 0 bridgehead atoms. The van der Waals surface area contributed by atoms with Crippen molar-refractivity contribution < 1.29 is 15.3 Å². The maximum absolute atomic E-state index is 9.19. The third kappa shape index (κ3) is 4.35. The average Bonchev–Trinajstić information content (AvgIpc) is 1.99. The monoisotopic (exact) mass is 162 g/mol. The molecule has 0 saturated heterocycles. The number of rotatable bonds is 5. The Balaban J connectivity index is 3.68. The molecule has 0 radical (unpaired) electrons. The zero-order valence-corrected chi connectivity index (χ0v) is 7.20. The Morgan fingerprint density at radius 3 is 2.09 bits per heavy atom. The highest BCUT2D eigenvalue weighted by Crippen LogP contribution is 2.12. The molecule has 0 aliphatic rings. The Labute approximate surface area is 67.7 Å². The zero-order chi connectivity index (χ0) is 8.85. The van der Waals surface area contributed by atoms with Gasteiger partial charge >= 0.3 is 0 Å². The fourth-order valence-corrected chi connectivity index (χ4v) is 0.940. The third-order valence-corrected chi connectivity index (χ3v) is 1.96. The zero-order valence-electron chi connectivity index (χ0n) is 7.20. The first-order valence-corrected chi connectivity index (χ1v) is 4.08. The third-order valence-electron chi connectivity index (χ3n) is 1.96. The van der Waals surface area contributed by atoms with E-state index in [2.05, 4.69) is 0 Å². The molecule has 3 unspecified atom stereocenters. The number of hydrogen-bond donors (Lipinski definition) is 3. The first kappa shape index (κ1) is 10.9. The lowest BCUT2D eigenvalue weighted by atomic mass is 9.96. The minimum atomic E-state index is -0.541. The van der Waals surface area contributed by atoms with E-state index in [9.17, 15) is 5.11 Å². The summed E-state index contributed by atoms with van der Waals surface area (Å²) in [4.78, 5) is 0. The second-order valence-corrected chi connectivity index (χ2v) is 2.98. The van der Waals surface area contributed by atoms with Crippen LogP contribution in [0.25, 0.3) is 0 Å². The molecule has 3 nitrogen and oxygen atoms in total. The summed E-state index contributed by atoms with van der Waals surface area (Å²) >= 11 is 0. The SMILES string of the molecule is CCC(O)CC(CO)C(C)O. The summed E-state index contributed by atoms with van der Waals surface area (Å²) in [5, 5.41) is 27.0. The van der Waals surface area contributed by atoms with Gasteiger partial charge in [0.05, 0.1) is 12.2 Å². The molecule has 0 spiro atoms. The lowest BCUT2D eigenvalue weighted by molar-refractivity contribution is 0.0388. The predicted molar refractivity (Wildman–Crippen MR) is 43.2 cm³/mol. The predicted octanol–water partition coefficient (Wildman–Crippen LogP) is 0.137. The van der Waals surface area contributed by atoms with E-state index in [4.69, 9.17) is 10.2 Å². The van der Waals surface area contributed by atoms with Gasteiger partial charge in [0.2, 0.25) is 0 Å². The van der Waals surface area contributed by atoms with Crippen molar-refractivity contribution >= 4 is 0 Å². The molecule has 0 fully saturated rings. The minimum absolute atomic E-state index is 0.0608. The van der Waals surface area contributed by atoms with Gasteiger partial charge < -0.3 is 15.3 Å². The lowest BCUT2D eigenvalue weighted by Crippen LogP contribution is -2.25. The van der Waals surface area contributed by atoms with E-state index in [1.165, 1.54) is 0 Å². The molecule has 68 valence electrons. The van der Waals surface area contributed by atoms with Crippen LogP contribution in [0.3, 0.4) is 0 Å². The molecule has 11 heavy (non-hydrogen) atoms. The Kier molecular flexibility index (Phi) is 5.46. The smallest absolute Gasteiger partial charge is 0.0563 e. The summed E-state index contributed by atoms with van der Waals surface area (Å²) in [6.07, 6.45) is 0.205. The molecule has 0 rings (SSSR count). The van der Waals surface area contributed by atoms with Crippen molar-refractivity contribution in [2.75, 3.05) is 6.61 Å². The van der Waals surface area contributed by atoms with E-state index in [0.29, 0.717) is 12.8 Å². The van der Waals surface area contributed by atoms with Crippen LogP contribution in [-0.2, 0) is 0 Å². The van der Waals surface area contributed by atoms with Gasteiger partial charge in [0.15, 0.2) is 0 Å². The Hall–Kier alpha value is -0.120. The largest absolute Gasteiger partial charge is 0.396 e. The van der Waals surface area contributed by atoms with Crippen molar-refractivity contribution in [1.82, 2.24) is 0 Å². The molecule has 0 aromatic rings. The van der Waals surface area contributed by atoms with E-state index >= 15 is 0 Å². The van der Waals surface area contributed by atoms with Crippen LogP contribution in [0.5, 0.6) is 0 Å². The van der Waals surface area contributed by atoms with Crippen LogP contribution in [0.4, 0.5) is 0 Å². The lowest BCUT2D eigenvalue weighted by Gasteiger charge is -2.19. The Morgan fingerprint density at radius 2 is 1.82 bits per heavy atom. The average molecular weight is 162 g/mol. The number of aliphatic hydroxyl groups is 3. The van der Waals surface area contributed by atoms with Gasteiger partial charge in [-0.3, -0.25) is 0 Å². The second-order valence-electron chi connectivity index (χ2n) is 2.98. The highest BCUT2D eigenvalue weighted by molar-refractivity contribution is 4.67. The van der Waals surface area contributed by atoms with Gasteiger partial charge in [-0.2, -0.15) is 0 Å². The van der Waals surface area contributed by atoms with E-state index in [1.807, 2.05) is 6.92 Å². The molecular weight excluding hydrogens is 144 g/mol. The molecule has 3 heteroatoms. The van der Waals surface area contributed by atoms with Crippen molar-refractivity contribution in [1.29, 1.82) is 0 Å². The van der Waals surface area contributed by atoms with Gasteiger partial charge in [0.25, 0.3) is 0 Å². The molecule has 0 heterocycles. The van der Waals surface area contributed by atoms with Crippen LogP contribution in [-0.4, -0.2) is 34.1 Å². The highest BCUT2D eigenvalue weighted by atomic mass is 16.3. The van der Waals surface area contributed by atoms with Gasteiger partial charge in [-0.1, -0.05) is 6.92 Å². The maximum atomic E-state index is 9.19. The van der Waals surface area contributed by atoms with Crippen LogP contribution in [0.1, 0.15) is 26.7 Å². The summed E-state index contributed by atoms with van der Waals surface area (Å²) < 4.78 is 0. The van der Waals surface area contributed by atoms with Crippen LogP contribution in [0, 0.1) is 5.92 Å². The second kappa shape index (κ2) is 5.52. The molecule has 0 aromatic carbocycles. The topological polar surface area (TPSA) is 60.7 Å². The van der Waals surface area contributed by atoms with Gasteiger partial charge in [0.1, 0.15) is 0 Å². The van der Waals surface area contributed by atoms with Crippen molar-refractivity contribution in [2.45, 2.75) is 38.9 Å². The van der Waals surface area contributed by atoms with E-state index in [0.717, 1.165) is 0 Å². The molecule has 0 aliphatic heterocycles. The molecule has 3 N–H and O–H groups in total. The van der Waals surface area contributed by atoms with Crippen LogP contribution in [0.2, 0.25) is 0 Å². The van der Waals surface area contributed by atoms with Crippen LogP contribution < -0.4 is 0 Å². The van der Waals surface area contributed by atoms with Crippen LogP contribution in [0.15, 0.2) is 0 Å². The fraction of sp³-hybridized carbons (Fsp3) is 1.00. The summed E-state index contributed by atoms with van der Waals surface area (Å²) in [5.41, 5.74) is 0. The van der Waals surface area contributed by atoms with Crippen LogP contribution >= 0.6 is 0 Å². The summed E-state index contributed by atoms with van der Waals surface area (Å²) in [6, 6.07) is 0. The molecule has 0 saturated carbocycles. The standard InChI is InChI=1S/C8H18O3/c1-3-8(11)4-7(5-9)6(2)10/h6-11H,3-5H2,1-2H3. The first-order chi connectivity index (χ1) is 5.11. The van der Waals surface area contributed by atoms with Crippen molar-refractivity contribution in [3.05, 3.63) is 0 Å². The van der Waals surface area contributed by atoms with E-state index in [-0.39, 0.29) is 12.5 Å². The summed E-state index contributed by atoms with van der Waals surface area (Å²) in [7, 11) is 0.